The van der Waals surface area contributed by atoms with Gasteiger partial charge in [-0.05, 0) is 118 Å². The second kappa shape index (κ2) is 13.6. The van der Waals surface area contributed by atoms with Gasteiger partial charge in [-0.15, -0.1) is 0 Å². The summed E-state index contributed by atoms with van der Waals surface area (Å²) in [4.78, 5) is 2.29. The van der Waals surface area contributed by atoms with Crippen LogP contribution in [0.2, 0.25) is 0 Å². The fraction of sp³-hybridized carbons (Fsp3) is 0.0400. The van der Waals surface area contributed by atoms with Crippen molar-refractivity contribution in [2.45, 2.75) is 13.3 Å². The summed E-state index contributed by atoms with van der Waals surface area (Å²) in [7, 11) is 0. The molecule has 0 spiro atoms. The quantitative estimate of drug-likeness (QED) is 0.157. The van der Waals surface area contributed by atoms with Crippen molar-refractivity contribution in [1.29, 1.82) is 0 Å². The zero-order valence-electron chi connectivity index (χ0n) is 29.2. The number of hydrogen-bond acceptors (Lipinski definition) is 1. The van der Waals surface area contributed by atoms with Gasteiger partial charge in [-0.3, -0.25) is 0 Å². The Bertz CT molecular complexity index is 2560. The van der Waals surface area contributed by atoms with Crippen molar-refractivity contribution in [3.8, 4) is 39.1 Å². The van der Waals surface area contributed by atoms with Crippen LogP contribution in [-0.2, 0) is 6.42 Å². The second-order valence-corrected chi connectivity index (χ2v) is 13.3. The normalized spacial score (nSPS) is 11.2. The summed E-state index contributed by atoms with van der Waals surface area (Å²) in [5, 5.41) is 2.51. The van der Waals surface area contributed by atoms with Crippen LogP contribution >= 0.6 is 0 Å². The predicted molar refractivity (Wildman–Crippen MR) is 221 cm³/mol. The second-order valence-electron chi connectivity index (χ2n) is 13.3. The Morgan fingerprint density at radius 3 is 1.19 bits per heavy atom. The maximum atomic E-state index is 2.39. The minimum absolute atomic E-state index is 1.04. The first-order valence-electron chi connectivity index (χ1n) is 18.1. The van der Waals surface area contributed by atoms with Gasteiger partial charge in [0.15, 0.2) is 0 Å². The maximum Gasteiger partial charge on any atom is 0.0541 e. The van der Waals surface area contributed by atoms with Crippen LogP contribution in [0.3, 0.4) is 0 Å². The summed E-state index contributed by atoms with van der Waals surface area (Å²) in [5.41, 5.74) is 15.6. The van der Waals surface area contributed by atoms with Crippen molar-refractivity contribution in [3.05, 3.63) is 206 Å². The lowest BCUT2D eigenvalue weighted by Gasteiger charge is -2.25. The third kappa shape index (κ3) is 5.85. The van der Waals surface area contributed by atoms with Gasteiger partial charge in [0.25, 0.3) is 0 Å². The van der Waals surface area contributed by atoms with Crippen LogP contribution in [-0.4, -0.2) is 4.57 Å². The Hall–Kier alpha value is -6.64. The smallest absolute Gasteiger partial charge is 0.0541 e. The van der Waals surface area contributed by atoms with Crippen molar-refractivity contribution in [2.75, 3.05) is 4.90 Å². The minimum Gasteiger partial charge on any atom is -0.311 e. The first kappa shape index (κ1) is 31.3. The Kier molecular flexibility index (Phi) is 8.19. The molecule has 0 saturated carbocycles. The number of hydrogen-bond donors (Lipinski definition) is 0. The zero-order chi connectivity index (χ0) is 34.9. The van der Waals surface area contributed by atoms with Crippen LogP contribution < -0.4 is 4.90 Å². The van der Waals surface area contributed by atoms with Crippen LogP contribution in [0.1, 0.15) is 12.5 Å². The van der Waals surface area contributed by atoms with Gasteiger partial charge in [0.1, 0.15) is 0 Å². The van der Waals surface area contributed by atoms with Crippen molar-refractivity contribution in [1.82, 2.24) is 4.57 Å². The zero-order valence-corrected chi connectivity index (χ0v) is 29.2. The molecule has 0 fully saturated rings. The van der Waals surface area contributed by atoms with E-state index in [1.165, 1.54) is 66.4 Å². The Labute approximate surface area is 305 Å². The first-order chi connectivity index (χ1) is 25.7. The molecule has 0 aliphatic heterocycles. The van der Waals surface area contributed by atoms with E-state index < -0.39 is 0 Å². The molecule has 52 heavy (non-hydrogen) atoms. The van der Waals surface area contributed by atoms with E-state index in [1.807, 2.05) is 0 Å². The van der Waals surface area contributed by atoms with E-state index in [9.17, 15) is 0 Å². The molecule has 1 aromatic heterocycles. The highest BCUT2D eigenvalue weighted by Crippen LogP contribution is 2.39. The predicted octanol–water partition coefficient (Wildman–Crippen LogP) is 13.8. The number of aromatic nitrogens is 1. The molecule has 0 aliphatic rings. The molecular formula is C50H38N2. The lowest BCUT2D eigenvalue weighted by molar-refractivity contribution is 1.14. The van der Waals surface area contributed by atoms with Gasteiger partial charge < -0.3 is 9.47 Å². The number of benzene rings is 8. The van der Waals surface area contributed by atoms with E-state index in [2.05, 4.69) is 217 Å². The fourth-order valence-corrected chi connectivity index (χ4v) is 7.43. The largest absolute Gasteiger partial charge is 0.311 e. The van der Waals surface area contributed by atoms with Gasteiger partial charge >= 0.3 is 0 Å². The van der Waals surface area contributed by atoms with Crippen molar-refractivity contribution in [2.24, 2.45) is 0 Å². The molecule has 0 amide bonds. The summed E-state index contributed by atoms with van der Waals surface area (Å²) in [6, 6.07) is 72.4. The van der Waals surface area contributed by atoms with E-state index in [1.54, 1.807) is 0 Å². The van der Waals surface area contributed by atoms with Crippen molar-refractivity contribution >= 4 is 38.9 Å². The van der Waals surface area contributed by atoms with Crippen LogP contribution in [0, 0.1) is 0 Å². The monoisotopic (exact) mass is 666 g/mol. The molecule has 248 valence electrons. The minimum atomic E-state index is 1.04. The van der Waals surface area contributed by atoms with Crippen LogP contribution in [0.15, 0.2) is 200 Å². The highest BCUT2D eigenvalue weighted by molar-refractivity contribution is 6.11. The topological polar surface area (TPSA) is 8.17 Å². The van der Waals surface area contributed by atoms with Gasteiger partial charge in [0.05, 0.1) is 11.0 Å². The van der Waals surface area contributed by atoms with Crippen LogP contribution in [0.5, 0.6) is 0 Å². The summed E-state index contributed by atoms with van der Waals surface area (Å²) in [5.74, 6) is 0. The number of anilines is 3. The Balaban J connectivity index is 1.07. The molecule has 2 heteroatoms. The SMILES string of the molecule is CCc1ccc(-c2ccc3c(c2)c2cc(-c4ccc(-c5ccc(N(c6ccccc6)c6ccccc6)cc5)cc4)ccc2n3-c2ccccc2)cc1. The molecule has 0 N–H and O–H groups in total. The molecule has 0 bridgehead atoms. The van der Waals surface area contributed by atoms with E-state index in [-0.39, 0.29) is 0 Å². The standard InChI is InChI=1S/C50H38N2/c1-2-36-18-20-39(21-19-36)41-28-32-49-47(34-41)48-35-42(29-33-50(48)52(49)45-16-10-5-11-17-45)40-24-22-37(23-25-40)38-26-30-46(31-27-38)51(43-12-6-3-7-13-43)44-14-8-4-9-15-44/h3-35H,2H2,1H3. The average molecular weight is 667 g/mol. The molecule has 0 atom stereocenters. The van der Waals surface area contributed by atoms with Crippen molar-refractivity contribution < 1.29 is 0 Å². The van der Waals surface area contributed by atoms with E-state index in [0.717, 1.165) is 23.5 Å². The van der Waals surface area contributed by atoms with Crippen LogP contribution in [0.4, 0.5) is 17.1 Å². The number of rotatable bonds is 8. The molecular weight excluding hydrogens is 629 g/mol. The maximum absolute atomic E-state index is 2.39. The Morgan fingerprint density at radius 2 is 0.731 bits per heavy atom. The van der Waals surface area contributed by atoms with Gasteiger partial charge in [-0.1, -0.05) is 134 Å². The molecule has 0 saturated heterocycles. The summed E-state index contributed by atoms with van der Waals surface area (Å²) >= 11 is 0. The Morgan fingerprint density at radius 1 is 0.365 bits per heavy atom. The lowest BCUT2D eigenvalue weighted by atomic mass is 9.98. The molecule has 2 nitrogen and oxygen atoms in total. The molecule has 1 heterocycles. The van der Waals surface area contributed by atoms with Gasteiger partial charge in [-0.25, -0.2) is 0 Å². The summed E-state index contributed by atoms with van der Waals surface area (Å²) < 4.78 is 2.39. The third-order valence-electron chi connectivity index (χ3n) is 10.2. The molecule has 0 aliphatic carbocycles. The third-order valence-corrected chi connectivity index (χ3v) is 10.2. The highest BCUT2D eigenvalue weighted by Gasteiger charge is 2.16. The average Bonchev–Trinajstić information content (AvgIpc) is 3.55. The summed E-state index contributed by atoms with van der Waals surface area (Å²) in [6.45, 7) is 2.20. The summed E-state index contributed by atoms with van der Waals surface area (Å²) in [6.07, 6.45) is 1.04. The highest BCUT2D eigenvalue weighted by atomic mass is 15.1. The van der Waals surface area contributed by atoms with E-state index >= 15 is 0 Å². The van der Waals surface area contributed by atoms with E-state index in [0.29, 0.717) is 0 Å². The first-order valence-corrected chi connectivity index (χ1v) is 18.1. The molecule has 0 radical (unpaired) electrons. The van der Waals surface area contributed by atoms with Gasteiger partial charge in [0, 0.05) is 33.5 Å². The molecule has 9 aromatic rings. The van der Waals surface area contributed by atoms with Gasteiger partial charge in [-0.2, -0.15) is 0 Å². The molecule has 0 unspecified atom stereocenters. The molecule has 8 aromatic carbocycles. The molecule has 9 rings (SSSR count). The fourth-order valence-electron chi connectivity index (χ4n) is 7.43. The number of nitrogens with zero attached hydrogens (tertiary/aromatic N) is 2. The number of para-hydroxylation sites is 3. The van der Waals surface area contributed by atoms with Crippen LogP contribution in [0.25, 0.3) is 60.9 Å². The van der Waals surface area contributed by atoms with Gasteiger partial charge in [0.2, 0.25) is 0 Å². The van der Waals surface area contributed by atoms with Crippen molar-refractivity contribution in [3.63, 3.8) is 0 Å². The number of fused-ring (bicyclic) bond motifs is 3. The number of aryl methyl sites for hydroxylation is 1. The lowest BCUT2D eigenvalue weighted by Crippen LogP contribution is -2.09. The van der Waals surface area contributed by atoms with E-state index in [4.69, 9.17) is 0 Å².